The van der Waals surface area contributed by atoms with E-state index in [2.05, 4.69) is 11.2 Å². The smallest absolute Gasteiger partial charge is 0.325 e. The molecule has 0 saturated carbocycles. The molecule has 2 fully saturated rings. The minimum Gasteiger partial charge on any atom is -0.481 e. The highest BCUT2D eigenvalue weighted by atomic mass is 16.5. The molecule has 168 valence electrons. The Morgan fingerprint density at radius 3 is 2.24 bits per heavy atom. The molecular formula is C24H20N2O7. The molecule has 4 rings (SSSR count). The number of fused-ring (bicyclic) bond motifs is 1. The van der Waals surface area contributed by atoms with E-state index in [0.717, 1.165) is 4.90 Å². The van der Waals surface area contributed by atoms with Crippen molar-refractivity contribution in [2.45, 2.75) is 18.0 Å². The number of likely N-dealkylation sites (tertiary alicyclic amines) is 1. The number of hydrogen-bond acceptors (Lipinski definition) is 6. The van der Waals surface area contributed by atoms with Crippen LogP contribution in [0.2, 0.25) is 0 Å². The van der Waals surface area contributed by atoms with Crippen LogP contribution in [0.3, 0.4) is 0 Å². The van der Waals surface area contributed by atoms with Gasteiger partial charge in [-0.15, -0.1) is 6.42 Å². The summed E-state index contributed by atoms with van der Waals surface area (Å²) >= 11 is 0. The number of imide groups is 1. The second kappa shape index (κ2) is 8.41. The van der Waals surface area contributed by atoms with Gasteiger partial charge in [-0.1, -0.05) is 36.3 Å². The Kier molecular flexibility index (Phi) is 5.62. The first-order chi connectivity index (χ1) is 15.8. The molecule has 0 spiro atoms. The molecular weight excluding hydrogens is 428 g/mol. The SMILES string of the molecule is C#CCN1C(=O)C2C(c3ccc(Oc4ccccc4)cc3)NC(CC(=O)O)(C(=O)O)C2C1=O. The molecule has 2 aromatic rings. The van der Waals surface area contributed by atoms with Crippen LogP contribution in [-0.2, 0) is 19.2 Å². The molecule has 2 amide bonds. The van der Waals surface area contributed by atoms with Crippen LogP contribution in [-0.4, -0.2) is 50.9 Å². The fourth-order valence-electron chi connectivity index (χ4n) is 4.64. The molecule has 4 atom stereocenters. The summed E-state index contributed by atoms with van der Waals surface area (Å²) in [5.41, 5.74) is -1.64. The number of nitrogens with one attached hydrogen (secondary N) is 1. The number of benzene rings is 2. The van der Waals surface area contributed by atoms with Gasteiger partial charge in [0, 0.05) is 6.04 Å². The van der Waals surface area contributed by atoms with E-state index in [9.17, 15) is 29.4 Å². The van der Waals surface area contributed by atoms with Crippen LogP contribution in [0.1, 0.15) is 18.0 Å². The largest absolute Gasteiger partial charge is 0.481 e. The van der Waals surface area contributed by atoms with Gasteiger partial charge in [-0.25, -0.2) is 0 Å². The number of nitrogens with zero attached hydrogens (tertiary/aromatic N) is 1. The zero-order valence-electron chi connectivity index (χ0n) is 17.3. The van der Waals surface area contributed by atoms with Crippen LogP contribution in [0.4, 0.5) is 0 Å². The normalized spacial score (nSPS) is 26.0. The fourth-order valence-corrected chi connectivity index (χ4v) is 4.64. The number of terminal acetylenes is 1. The number of para-hydroxylation sites is 1. The van der Waals surface area contributed by atoms with Gasteiger partial charge in [-0.05, 0) is 29.8 Å². The number of carboxylic acid groups (broad SMARTS) is 2. The third-order valence-corrected chi connectivity index (χ3v) is 6.02. The number of aliphatic carboxylic acids is 2. The summed E-state index contributed by atoms with van der Waals surface area (Å²) in [6.45, 7) is -0.315. The molecule has 2 aromatic carbocycles. The van der Waals surface area contributed by atoms with Crippen LogP contribution in [0.25, 0.3) is 0 Å². The van der Waals surface area contributed by atoms with Gasteiger partial charge >= 0.3 is 11.9 Å². The van der Waals surface area contributed by atoms with Crippen molar-refractivity contribution < 1.29 is 34.1 Å². The Morgan fingerprint density at radius 2 is 1.67 bits per heavy atom. The highest BCUT2D eigenvalue weighted by Crippen LogP contribution is 2.50. The number of ether oxygens (including phenoxy) is 1. The number of hydrogen-bond donors (Lipinski definition) is 3. The Morgan fingerprint density at radius 1 is 1.03 bits per heavy atom. The number of carboxylic acids is 2. The average molecular weight is 448 g/mol. The lowest BCUT2D eigenvalue weighted by Gasteiger charge is -2.29. The van der Waals surface area contributed by atoms with E-state index in [1.807, 2.05) is 18.2 Å². The van der Waals surface area contributed by atoms with Gasteiger partial charge < -0.3 is 14.9 Å². The summed E-state index contributed by atoms with van der Waals surface area (Å²) in [5.74, 6) is -3.50. The van der Waals surface area contributed by atoms with Gasteiger partial charge in [0.25, 0.3) is 0 Å². The van der Waals surface area contributed by atoms with Crippen LogP contribution in [0.15, 0.2) is 54.6 Å². The van der Waals surface area contributed by atoms with Crippen molar-refractivity contribution in [1.82, 2.24) is 10.2 Å². The topological polar surface area (TPSA) is 133 Å². The monoisotopic (exact) mass is 448 g/mol. The maximum Gasteiger partial charge on any atom is 0.325 e. The minimum atomic E-state index is -2.16. The number of carbonyl (C=O) groups is 4. The quantitative estimate of drug-likeness (QED) is 0.430. The van der Waals surface area contributed by atoms with Crippen molar-refractivity contribution in [2.24, 2.45) is 11.8 Å². The summed E-state index contributed by atoms with van der Waals surface area (Å²) < 4.78 is 5.76. The van der Waals surface area contributed by atoms with Gasteiger partial charge in [-0.3, -0.25) is 29.4 Å². The second-order valence-electron chi connectivity index (χ2n) is 7.92. The number of carbonyl (C=O) groups excluding carboxylic acids is 2. The van der Waals surface area contributed by atoms with E-state index in [4.69, 9.17) is 11.2 Å². The fraction of sp³-hybridized carbons (Fsp3) is 0.250. The highest BCUT2D eigenvalue weighted by molar-refractivity contribution is 6.10. The molecule has 0 radical (unpaired) electrons. The molecule has 2 aliphatic heterocycles. The van der Waals surface area contributed by atoms with Crippen LogP contribution in [0, 0.1) is 24.2 Å². The van der Waals surface area contributed by atoms with Crippen molar-refractivity contribution in [2.75, 3.05) is 6.54 Å². The third kappa shape index (κ3) is 3.70. The van der Waals surface area contributed by atoms with Gasteiger partial charge in [0.2, 0.25) is 11.8 Å². The van der Waals surface area contributed by atoms with E-state index < -0.39 is 53.6 Å². The Balaban J connectivity index is 1.71. The first-order valence-electron chi connectivity index (χ1n) is 10.1. The van der Waals surface area contributed by atoms with Gasteiger partial charge in [-0.2, -0.15) is 0 Å². The zero-order valence-corrected chi connectivity index (χ0v) is 17.3. The maximum atomic E-state index is 13.1. The Bertz CT molecular complexity index is 1160. The first-order valence-corrected chi connectivity index (χ1v) is 10.1. The maximum absolute atomic E-state index is 13.1. The molecule has 2 heterocycles. The van der Waals surface area contributed by atoms with Crippen molar-refractivity contribution >= 4 is 23.8 Å². The van der Waals surface area contributed by atoms with E-state index in [0.29, 0.717) is 17.1 Å². The van der Waals surface area contributed by atoms with Crippen molar-refractivity contribution in [3.05, 3.63) is 60.2 Å². The standard InChI is InChI=1S/C24H20N2O7/c1-2-12-26-21(29)18-19(22(26)30)24(23(31)32,13-17(27)28)25-20(18)14-8-10-16(11-9-14)33-15-6-4-3-5-7-15/h1,3-11,18-20,25H,12-13H2,(H,27,28)(H,31,32). The van der Waals surface area contributed by atoms with Gasteiger partial charge in [0.05, 0.1) is 24.8 Å². The lowest BCUT2D eigenvalue weighted by Crippen LogP contribution is -2.56. The molecule has 2 saturated heterocycles. The lowest BCUT2D eigenvalue weighted by atomic mass is 9.77. The first kappa shape index (κ1) is 22.0. The molecule has 9 heteroatoms. The average Bonchev–Trinajstić information content (AvgIpc) is 3.25. The molecule has 2 aliphatic rings. The summed E-state index contributed by atoms with van der Waals surface area (Å²) in [6, 6.07) is 14.8. The van der Waals surface area contributed by atoms with Crippen LogP contribution in [0.5, 0.6) is 11.5 Å². The van der Waals surface area contributed by atoms with Crippen molar-refractivity contribution in [3.8, 4) is 23.8 Å². The predicted octanol–water partition coefficient (Wildman–Crippen LogP) is 1.66. The Hall–Kier alpha value is -4.16. The second-order valence-corrected chi connectivity index (χ2v) is 7.92. The molecule has 0 aromatic heterocycles. The molecule has 4 unspecified atom stereocenters. The van der Waals surface area contributed by atoms with E-state index in [-0.39, 0.29) is 6.54 Å². The highest BCUT2D eigenvalue weighted by Gasteiger charge is 2.69. The molecule has 3 N–H and O–H groups in total. The molecule has 0 aliphatic carbocycles. The van der Waals surface area contributed by atoms with Gasteiger partial charge in [0.15, 0.2) is 0 Å². The summed E-state index contributed by atoms with van der Waals surface area (Å²) in [5, 5.41) is 22.2. The third-order valence-electron chi connectivity index (χ3n) is 6.02. The molecule has 0 bridgehead atoms. The van der Waals surface area contributed by atoms with E-state index in [1.165, 1.54) is 0 Å². The molecule has 33 heavy (non-hydrogen) atoms. The summed E-state index contributed by atoms with van der Waals surface area (Å²) in [4.78, 5) is 50.8. The summed E-state index contributed by atoms with van der Waals surface area (Å²) in [7, 11) is 0. The Labute approximate surface area is 189 Å². The van der Waals surface area contributed by atoms with Crippen molar-refractivity contribution in [3.63, 3.8) is 0 Å². The lowest BCUT2D eigenvalue weighted by molar-refractivity contribution is -0.155. The predicted molar refractivity (Wildman–Crippen MR) is 114 cm³/mol. The van der Waals surface area contributed by atoms with Crippen LogP contribution < -0.4 is 10.1 Å². The zero-order chi connectivity index (χ0) is 23.8. The number of rotatable bonds is 7. The van der Waals surface area contributed by atoms with Crippen molar-refractivity contribution in [1.29, 1.82) is 0 Å². The number of amides is 2. The van der Waals surface area contributed by atoms with E-state index >= 15 is 0 Å². The van der Waals surface area contributed by atoms with Crippen LogP contribution >= 0.6 is 0 Å². The summed E-state index contributed by atoms with van der Waals surface area (Å²) in [6.07, 6.45) is 4.40. The minimum absolute atomic E-state index is 0.315. The van der Waals surface area contributed by atoms with E-state index in [1.54, 1.807) is 36.4 Å². The molecule has 9 nitrogen and oxygen atoms in total. The van der Waals surface area contributed by atoms with Gasteiger partial charge in [0.1, 0.15) is 17.0 Å².